The summed E-state index contributed by atoms with van der Waals surface area (Å²) in [5, 5.41) is 0.634. The maximum Gasteiger partial charge on any atom is 0.192 e. The maximum atomic E-state index is 11.1. The molecule has 0 aliphatic heterocycles. The molecule has 0 spiro atoms. The second kappa shape index (κ2) is 3.41. The molecule has 0 aliphatic carbocycles. The van der Waals surface area contributed by atoms with Crippen molar-refractivity contribution in [1.82, 2.24) is 0 Å². The van der Waals surface area contributed by atoms with E-state index in [2.05, 4.69) is 0 Å². The predicted octanol–water partition coefficient (Wildman–Crippen LogP) is 2.21. The normalized spacial score (nSPS) is 9.33. The van der Waals surface area contributed by atoms with E-state index >= 15 is 0 Å². The van der Waals surface area contributed by atoms with Gasteiger partial charge in [0.2, 0.25) is 0 Å². The van der Waals surface area contributed by atoms with Crippen LogP contribution in [0.5, 0.6) is 0 Å². The standard InChI is InChI=1S/C9H6O2.ClH/c10-8-5-6-11-9-4-2-1-3-7(8)9;/h1-6H;1H. The highest BCUT2D eigenvalue weighted by molar-refractivity contribution is 5.85. The summed E-state index contributed by atoms with van der Waals surface area (Å²) in [5.41, 5.74) is 0.645. The lowest BCUT2D eigenvalue weighted by atomic mass is 10.2. The fraction of sp³-hybridized carbons (Fsp3) is 0. The van der Waals surface area contributed by atoms with E-state index in [-0.39, 0.29) is 17.8 Å². The highest BCUT2D eigenvalue weighted by atomic mass is 35.5. The SMILES string of the molecule is Cl.O=c1ccoc2ccccc12. The lowest BCUT2D eigenvalue weighted by Crippen LogP contribution is -1.96. The van der Waals surface area contributed by atoms with Gasteiger partial charge < -0.3 is 4.42 Å². The molecule has 0 radical (unpaired) electrons. The van der Waals surface area contributed by atoms with Crippen LogP contribution < -0.4 is 5.43 Å². The molecular formula is C9H7ClO2. The molecule has 2 rings (SSSR count). The van der Waals surface area contributed by atoms with Crippen LogP contribution in [0, 0.1) is 0 Å². The summed E-state index contributed by atoms with van der Waals surface area (Å²) in [6.07, 6.45) is 1.41. The zero-order chi connectivity index (χ0) is 7.68. The molecule has 0 amide bonds. The number of hydrogen-bond acceptors (Lipinski definition) is 2. The molecule has 0 bridgehead atoms. The molecule has 62 valence electrons. The molecule has 0 aliphatic rings. The highest BCUT2D eigenvalue weighted by Gasteiger charge is 1.95. The molecule has 0 fully saturated rings. The van der Waals surface area contributed by atoms with Crippen LogP contribution in [0.1, 0.15) is 0 Å². The van der Waals surface area contributed by atoms with Crippen LogP contribution in [0.25, 0.3) is 11.0 Å². The minimum atomic E-state index is 0. The summed E-state index contributed by atoms with van der Waals surface area (Å²) >= 11 is 0. The summed E-state index contributed by atoms with van der Waals surface area (Å²) in [6, 6.07) is 8.60. The molecule has 0 saturated carbocycles. The van der Waals surface area contributed by atoms with Crippen LogP contribution in [0.4, 0.5) is 0 Å². The Morgan fingerprint density at radius 3 is 2.58 bits per heavy atom. The molecule has 12 heavy (non-hydrogen) atoms. The van der Waals surface area contributed by atoms with E-state index in [1.807, 2.05) is 12.1 Å². The van der Waals surface area contributed by atoms with Crippen molar-refractivity contribution in [3.8, 4) is 0 Å². The van der Waals surface area contributed by atoms with Crippen molar-refractivity contribution in [2.45, 2.75) is 0 Å². The molecule has 3 heteroatoms. The molecule has 2 nitrogen and oxygen atoms in total. The number of hydrogen-bond donors (Lipinski definition) is 0. The van der Waals surface area contributed by atoms with Gasteiger partial charge in [0, 0.05) is 6.07 Å². The van der Waals surface area contributed by atoms with E-state index in [4.69, 9.17) is 4.42 Å². The summed E-state index contributed by atoms with van der Waals surface area (Å²) in [7, 11) is 0. The molecule has 1 heterocycles. The number of halogens is 1. The zero-order valence-electron chi connectivity index (χ0n) is 6.19. The van der Waals surface area contributed by atoms with E-state index in [1.54, 1.807) is 12.1 Å². The second-order valence-corrected chi connectivity index (χ2v) is 2.28. The van der Waals surface area contributed by atoms with Gasteiger partial charge in [-0.05, 0) is 12.1 Å². The monoisotopic (exact) mass is 182 g/mol. The Hall–Kier alpha value is -1.28. The second-order valence-electron chi connectivity index (χ2n) is 2.28. The first-order chi connectivity index (χ1) is 5.38. The third-order valence-electron chi connectivity index (χ3n) is 1.57. The van der Waals surface area contributed by atoms with Gasteiger partial charge in [0.15, 0.2) is 5.43 Å². The first-order valence-corrected chi connectivity index (χ1v) is 3.34. The molecule has 0 atom stereocenters. The third kappa shape index (κ3) is 1.34. The van der Waals surface area contributed by atoms with Gasteiger partial charge in [-0.2, -0.15) is 0 Å². The minimum Gasteiger partial charge on any atom is -0.464 e. The zero-order valence-corrected chi connectivity index (χ0v) is 7.01. The topological polar surface area (TPSA) is 30.2 Å². The van der Waals surface area contributed by atoms with Crippen LogP contribution in [0.3, 0.4) is 0 Å². The van der Waals surface area contributed by atoms with Crippen molar-refractivity contribution >= 4 is 23.4 Å². The van der Waals surface area contributed by atoms with E-state index in [0.717, 1.165) is 0 Å². The van der Waals surface area contributed by atoms with Gasteiger partial charge in [-0.3, -0.25) is 4.79 Å². The Balaban J connectivity index is 0.000000720. The van der Waals surface area contributed by atoms with E-state index < -0.39 is 0 Å². The van der Waals surface area contributed by atoms with E-state index in [9.17, 15) is 4.79 Å². The van der Waals surface area contributed by atoms with Gasteiger partial charge in [0.05, 0.1) is 11.6 Å². The van der Waals surface area contributed by atoms with Crippen LogP contribution in [-0.4, -0.2) is 0 Å². The van der Waals surface area contributed by atoms with Gasteiger partial charge in [-0.25, -0.2) is 0 Å². The molecule has 2 aromatic rings. The number of benzene rings is 1. The van der Waals surface area contributed by atoms with Crippen LogP contribution in [-0.2, 0) is 0 Å². The number of rotatable bonds is 0. The maximum absolute atomic E-state index is 11.1. The summed E-state index contributed by atoms with van der Waals surface area (Å²) in [5.74, 6) is 0. The molecule has 1 aromatic heterocycles. The smallest absolute Gasteiger partial charge is 0.192 e. The molecule has 0 N–H and O–H groups in total. The minimum absolute atomic E-state index is 0. The van der Waals surface area contributed by atoms with Crippen molar-refractivity contribution in [3.63, 3.8) is 0 Å². The van der Waals surface area contributed by atoms with Crippen LogP contribution >= 0.6 is 12.4 Å². The Morgan fingerprint density at radius 1 is 1.08 bits per heavy atom. The van der Waals surface area contributed by atoms with Crippen molar-refractivity contribution in [2.24, 2.45) is 0 Å². The third-order valence-corrected chi connectivity index (χ3v) is 1.57. The van der Waals surface area contributed by atoms with Gasteiger partial charge in [-0.1, -0.05) is 12.1 Å². The average Bonchev–Trinajstić information content (AvgIpc) is 2.06. The summed E-state index contributed by atoms with van der Waals surface area (Å²) in [4.78, 5) is 11.1. The van der Waals surface area contributed by atoms with E-state index in [0.29, 0.717) is 11.0 Å². The van der Waals surface area contributed by atoms with Gasteiger partial charge in [0.1, 0.15) is 5.58 Å². The average molecular weight is 183 g/mol. The van der Waals surface area contributed by atoms with E-state index in [1.165, 1.54) is 12.3 Å². The van der Waals surface area contributed by atoms with Crippen LogP contribution in [0.15, 0.2) is 45.8 Å². The molecule has 1 aromatic carbocycles. The Bertz CT molecular complexity index is 428. The Morgan fingerprint density at radius 2 is 1.83 bits per heavy atom. The number of fused-ring (bicyclic) bond motifs is 1. The van der Waals surface area contributed by atoms with Crippen molar-refractivity contribution in [1.29, 1.82) is 0 Å². The van der Waals surface area contributed by atoms with Gasteiger partial charge in [0.25, 0.3) is 0 Å². The van der Waals surface area contributed by atoms with Gasteiger partial charge >= 0.3 is 0 Å². The van der Waals surface area contributed by atoms with Crippen molar-refractivity contribution in [3.05, 3.63) is 46.8 Å². The number of para-hydroxylation sites is 1. The lowest BCUT2D eigenvalue weighted by molar-refractivity contribution is 0.602. The molecule has 0 unspecified atom stereocenters. The largest absolute Gasteiger partial charge is 0.464 e. The summed E-state index contributed by atoms with van der Waals surface area (Å²) in [6.45, 7) is 0. The lowest BCUT2D eigenvalue weighted by Gasteiger charge is -1.91. The first-order valence-electron chi connectivity index (χ1n) is 3.34. The quantitative estimate of drug-likeness (QED) is 0.626. The Labute approximate surface area is 75.2 Å². The van der Waals surface area contributed by atoms with Crippen molar-refractivity contribution < 1.29 is 4.42 Å². The molecular weight excluding hydrogens is 176 g/mol. The fourth-order valence-corrected chi connectivity index (χ4v) is 1.03. The van der Waals surface area contributed by atoms with Crippen molar-refractivity contribution in [2.75, 3.05) is 0 Å². The fourth-order valence-electron chi connectivity index (χ4n) is 1.03. The summed E-state index contributed by atoms with van der Waals surface area (Å²) < 4.78 is 5.09. The highest BCUT2D eigenvalue weighted by Crippen LogP contribution is 2.06. The first kappa shape index (κ1) is 8.81. The van der Waals surface area contributed by atoms with Crippen LogP contribution in [0.2, 0.25) is 0 Å². The molecule has 0 saturated heterocycles. The predicted molar refractivity (Wildman–Crippen MR) is 49.7 cm³/mol. The van der Waals surface area contributed by atoms with Gasteiger partial charge in [-0.15, -0.1) is 12.4 Å². The Kier molecular flexibility index (Phi) is 2.51.